The second kappa shape index (κ2) is 10.2. The lowest BCUT2D eigenvalue weighted by molar-refractivity contribution is -0.223. The zero-order chi connectivity index (χ0) is 26.0. The molecule has 1 saturated carbocycles. The molecule has 35 heavy (non-hydrogen) atoms. The smallest absolute Gasteiger partial charge is 0.426 e. The fraction of sp³-hybridized carbons (Fsp3) is 0.500. The van der Waals surface area contributed by atoms with Crippen molar-refractivity contribution in [1.29, 1.82) is 0 Å². The topological polar surface area (TPSA) is 18.5 Å². The molecule has 11 heteroatoms. The molecule has 0 spiro atoms. The van der Waals surface area contributed by atoms with Crippen LogP contribution in [0.2, 0.25) is 0 Å². The van der Waals surface area contributed by atoms with E-state index >= 15 is 0 Å². The van der Waals surface area contributed by atoms with Crippen LogP contribution in [-0.2, 0) is 12.3 Å². The Morgan fingerprint density at radius 1 is 0.771 bits per heavy atom. The molecule has 2 nitrogen and oxygen atoms in total. The van der Waals surface area contributed by atoms with Crippen LogP contribution in [0, 0.1) is 23.5 Å². The summed E-state index contributed by atoms with van der Waals surface area (Å²) in [5.74, 6) is -6.43. The number of ether oxygens (including phenoxy) is 2. The Kier molecular flexibility index (Phi) is 7.86. The Bertz CT molecular complexity index is 972. The van der Waals surface area contributed by atoms with Crippen molar-refractivity contribution >= 4 is 0 Å². The molecule has 0 atom stereocenters. The summed E-state index contributed by atoms with van der Waals surface area (Å²) in [5, 5.41) is 0. The van der Waals surface area contributed by atoms with Gasteiger partial charge in [-0.2, -0.15) is 30.7 Å². The standard InChI is InChI=1S/C24H23F9O2/c1-2-3-14-4-6-15(7-5-14)23(30,31)34-17-10-8-16(9-11-17)24(32,33)35-18-12-19(25)21(20(26)13-18)22(27,28)29/h8-15H,2-7H2,1H3. The zero-order valence-corrected chi connectivity index (χ0v) is 18.6. The van der Waals surface area contributed by atoms with Gasteiger partial charge in [0.25, 0.3) is 0 Å². The molecule has 0 aliphatic heterocycles. The van der Waals surface area contributed by atoms with Gasteiger partial charge >= 0.3 is 18.4 Å². The van der Waals surface area contributed by atoms with Crippen LogP contribution in [0.25, 0.3) is 0 Å². The fourth-order valence-electron chi connectivity index (χ4n) is 4.24. The van der Waals surface area contributed by atoms with E-state index in [9.17, 15) is 39.5 Å². The average molecular weight is 514 g/mol. The number of alkyl halides is 7. The van der Waals surface area contributed by atoms with Crippen molar-refractivity contribution in [2.24, 2.45) is 11.8 Å². The van der Waals surface area contributed by atoms with E-state index in [1.54, 1.807) is 0 Å². The van der Waals surface area contributed by atoms with Gasteiger partial charge < -0.3 is 9.47 Å². The minimum atomic E-state index is -5.37. The first-order valence-electron chi connectivity index (χ1n) is 11.0. The summed E-state index contributed by atoms with van der Waals surface area (Å²) in [6.07, 6.45) is -9.29. The highest BCUT2D eigenvalue weighted by Gasteiger charge is 2.44. The minimum Gasteiger partial charge on any atom is -0.432 e. The van der Waals surface area contributed by atoms with Crippen LogP contribution < -0.4 is 9.47 Å². The summed E-state index contributed by atoms with van der Waals surface area (Å²) in [5.41, 5.74) is -3.14. The van der Waals surface area contributed by atoms with Gasteiger partial charge in [-0.05, 0) is 55.9 Å². The van der Waals surface area contributed by atoms with Gasteiger partial charge in [0.05, 0.1) is 11.5 Å². The van der Waals surface area contributed by atoms with Crippen LogP contribution in [0.3, 0.4) is 0 Å². The molecule has 1 aliphatic carbocycles. The molecule has 0 amide bonds. The van der Waals surface area contributed by atoms with Gasteiger partial charge in [-0.15, -0.1) is 0 Å². The van der Waals surface area contributed by atoms with Crippen molar-refractivity contribution in [3.63, 3.8) is 0 Å². The molecule has 0 N–H and O–H groups in total. The van der Waals surface area contributed by atoms with Crippen LogP contribution >= 0.6 is 0 Å². The van der Waals surface area contributed by atoms with Crippen molar-refractivity contribution in [3.05, 3.63) is 59.2 Å². The number of halogens is 9. The van der Waals surface area contributed by atoms with Crippen molar-refractivity contribution in [2.75, 3.05) is 0 Å². The fourth-order valence-corrected chi connectivity index (χ4v) is 4.24. The lowest BCUT2D eigenvalue weighted by Crippen LogP contribution is -2.37. The number of benzene rings is 2. The molecule has 2 aromatic rings. The molecule has 0 heterocycles. The van der Waals surface area contributed by atoms with Crippen molar-refractivity contribution < 1.29 is 49.0 Å². The molecule has 3 rings (SSSR count). The molecule has 0 unspecified atom stereocenters. The summed E-state index contributed by atoms with van der Waals surface area (Å²) in [6, 6.07) is 3.09. The van der Waals surface area contributed by atoms with Gasteiger partial charge in [-0.3, -0.25) is 0 Å². The van der Waals surface area contributed by atoms with Gasteiger partial charge in [-0.1, -0.05) is 19.8 Å². The molecule has 0 aromatic heterocycles. The van der Waals surface area contributed by atoms with E-state index in [-0.39, 0.29) is 30.7 Å². The highest BCUT2D eigenvalue weighted by Crippen LogP contribution is 2.42. The summed E-state index contributed by atoms with van der Waals surface area (Å²) >= 11 is 0. The lowest BCUT2D eigenvalue weighted by Gasteiger charge is -2.33. The summed E-state index contributed by atoms with van der Waals surface area (Å²) in [4.78, 5) is 0. The molecule has 1 fully saturated rings. The molecule has 0 bridgehead atoms. The van der Waals surface area contributed by atoms with E-state index < -0.39 is 52.8 Å². The first kappa shape index (κ1) is 27.0. The maximum absolute atomic E-state index is 14.6. The first-order valence-corrected chi connectivity index (χ1v) is 11.0. The maximum atomic E-state index is 14.6. The second-order valence-corrected chi connectivity index (χ2v) is 8.57. The Balaban J connectivity index is 1.68. The predicted octanol–water partition coefficient (Wildman–Crippen LogP) is 8.69. The summed E-state index contributed by atoms with van der Waals surface area (Å²) in [7, 11) is 0. The maximum Gasteiger partial charge on any atom is 0.426 e. The predicted molar refractivity (Wildman–Crippen MR) is 108 cm³/mol. The molecule has 1 aliphatic rings. The molecule has 194 valence electrons. The normalized spacial score (nSPS) is 19.5. The average Bonchev–Trinajstić information content (AvgIpc) is 2.72. The van der Waals surface area contributed by atoms with Crippen LogP contribution in [0.4, 0.5) is 39.5 Å². The van der Waals surface area contributed by atoms with Gasteiger partial charge in [0.2, 0.25) is 0 Å². The Morgan fingerprint density at radius 2 is 1.31 bits per heavy atom. The van der Waals surface area contributed by atoms with Crippen LogP contribution in [0.15, 0.2) is 36.4 Å². The molecular weight excluding hydrogens is 491 g/mol. The number of hydrogen-bond donors (Lipinski definition) is 0. The lowest BCUT2D eigenvalue weighted by atomic mass is 9.79. The minimum absolute atomic E-state index is 0.0207. The van der Waals surface area contributed by atoms with Crippen LogP contribution in [0.1, 0.15) is 56.6 Å². The van der Waals surface area contributed by atoms with Gasteiger partial charge in [0.15, 0.2) is 0 Å². The van der Waals surface area contributed by atoms with Gasteiger partial charge in [0, 0.05) is 12.1 Å². The molecular formula is C24H23F9O2. The number of hydrogen-bond acceptors (Lipinski definition) is 2. The highest BCUT2D eigenvalue weighted by atomic mass is 19.4. The van der Waals surface area contributed by atoms with Crippen molar-refractivity contribution in [3.8, 4) is 11.5 Å². The van der Waals surface area contributed by atoms with Crippen LogP contribution in [-0.4, -0.2) is 6.11 Å². The molecule has 0 radical (unpaired) electrons. The Labute approximate surface area is 196 Å². The van der Waals surface area contributed by atoms with E-state index in [4.69, 9.17) is 4.74 Å². The monoisotopic (exact) mass is 514 g/mol. The molecule has 0 saturated heterocycles. The summed E-state index contributed by atoms with van der Waals surface area (Å²) in [6.45, 7) is 2.03. The summed E-state index contributed by atoms with van der Waals surface area (Å²) < 4.78 is 132. The molecule has 2 aromatic carbocycles. The Hall–Kier alpha value is -2.59. The third kappa shape index (κ3) is 6.55. The third-order valence-corrected chi connectivity index (χ3v) is 6.01. The Morgan fingerprint density at radius 3 is 1.80 bits per heavy atom. The zero-order valence-electron chi connectivity index (χ0n) is 18.6. The van der Waals surface area contributed by atoms with E-state index in [1.165, 1.54) is 0 Å². The quantitative estimate of drug-likeness (QED) is 0.328. The van der Waals surface area contributed by atoms with E-state index in [0.29, 0.717) is 30.9 Å². The highest BCUT2D eigenvalue weighted by molar-refractivity contribution is 5.34. The first-order chi connectivity index (χ1) is 16.2. The van der Waals surface area contributed by atoms with Crippen molar-refractivity contribution in [2.45, 2.75) is 63.8 Å². The largest absolute Gasteiger partial charge is 0.432 e. The van der Waals surface area contributed by atoms with E-state index in [0.717, 1.165) is 25.0 Å². The second-order valence-electron chi connectivity index (χ2n) is 8.57. The SMILES string of the molecule is CCCC1CCC(C(F)(F)Oc2ccc(C(F)(F)Oc3cc(F)c(C(F)(F)F)c(F)c3)cc2)CC1. The number of rotatable bonds is 8. The van der Waals surface area contributed by atoms with E-state index in [2.05, 4.69) is 4.74 Å². The van der Waals surface area contributed by atoms with Crippen molar-refractivity contribution in [1.82, 2.24) is 0 Å². The van der Waals surface area contributed by atoms with E-state index in [1.807, 2.05) is 6.92 Å². The van der Waals surface area contributed by atoms with Gasteiger partial charge in [0.1, 0.15) is 28.7 Å². The third-order valence-electron chi connectivity index (χ3n) is 6.01. The van der Waals surface area contributed by atoms with Gasteiger partial charge in [-0.25, -0.2) is 8.78 Å². The van der Waals surface area contributed by atoms with Crippen LogP contribution in [0.5, 0.6) is 11.5 Å².